The van der Waals surface area contributed by atoms with Crippen molar-refractivity contribution in [1.82, 2.24) is 4.31 Å². The highest BCUT2D eigenvalue weighted by Crippen LogP contribution is 2.42. The molecule has 3 atom stereocenters. The Morgan fingerprint density at radius 2 is 1.82 bits per heavy atom. The number of hydrogen-bond acceptors (Lipinski definition) is 4. The third-order valence-electron chi connectivity index (χ3n) is 5.92. The molecule has 1 aliphatic rings. The lowest BCUT2D eigenvalue weighted by Gasteiger charge is -2.28. The van der Waals surface area contributed by atoms with E-state index in [1.165, 1.54) is 28.6 Å². The van der Waals surface area contributed by atoms with Gasteiger partial charge >= 0.3 is 0 Å². The average Bonchev–Trinajstić information content (AvgIpc) is 3.28. The minimum Gasteiger partial charge on any atom is -0.593 e. The third-order valence-corrected chi connectivity index (χ3v) is 7.81. The van der Waals surface area contributed by atoms with Gasteiger partial charge in [-0.25, -0.2) is 4.39 Å². The van der Waals surface area contributed by atoms with Gasteiger partial charge in [-0.1, -0.05) is 34.5 Å². The average molecular weight is 469 g/mol. The maximum atomic E-state index is 13.5. The van der Waals surface area contributed by atoms with Gasteiger partial charge in [-0.3, -0.25) is 4.79 Å². The molecule has 0 spiro atoms. The molecule has 4 rings (SSSR count). The summed E-state index contributed by atoms with van der Waals surface area (Å²) in [7, 11) is -2.29. The second-order valence-electron chi connectivity index (χ2n) is 8.06. The Kier molecular flexibility index (Phi) is 6.60. The largest absolute Gasteiger partial charge is 0.593 e. The summed E-state index contributed by atoms with van der Waals surface area (Å²) in [6.07, 6.45) is 0.290. The fourth-order valence-electron chi connectivity index (χ4n) is 4.11. The summed E-state index contributed by atoms with van der Waals surface area (Å²) in [4.78, 5) is 13.3. The standard InChI is InChI=1S/C25H25FN2O4S/c1-17-14-21(32-2)12-13-23(17)27-25(29)19-15-24(18-8-10-20(26)11-9-18)28(16-19)33(30,31)22-6-4-3-5-7-22/h3-14,19,24H,15-16H2,1-2H3,(H-,27,29,30,31)/t19-,24+/m1/s1. The summed E-state index contributed by atoms with van der Waals surface area (Å²) in [5.74, 6) is -0.553. The first kappa shape index (κ1) is 23.1. The van der Waals surface area contributed by atoms with Crippen LogP contribution in [0, 0.1) is 18.7 Å². The van der Waals surface area contributed by atoms with E-state index in [2.05, 4.69) is 5.32 Å². The number of ether oxygens (including phenoxy) is 1. The predicted octanol–water partition coefficient (Wildman–Crippen LogP) is 4.75. The summed E-state index contributed by atoms with van der Waals surface area (Å²) >= 11 is 0. The van der Waals surface area contributed by atoms with E-state index in [0.29, 0.717) is 23.4 Å². The summed E-state index contributed by atoms with van der Waals surface area (Å²) < 4.78 is 46.9. The highest BCUT2D eigenvalue weighted by Gasteiger charge is 2.47. The normalized spacial score (nSPS) is 20.2. The van der Waals surface area contributed by atoms with Gasteiger partial charge in [-0.15, -0.1) is 4.31 Å². The molecule has 8 heteroatoms. The monoisotopic (exact) mass is 468 g/mol. The van der Waals surface area contributed by atoms with Crippen LogP contribution in [0.25, 0.3) is 0 Å². The number of nitrogens with one attached hydrogen (secondary N) is 1. The van der Waals surface area contributed by atoms with Crippen molar-refractivity contribution in [1.29, 1.82) is 0 Å². The molecule has 1 amide bonds. The van der Waals surface area contributed by atoms with Gasteiger partial charge in [0, 0.05) is 5.69 Å². The number of anilines is 1. The second-order valence-corrected chi connectivity index (χ2v) is 9.95. The summed E-state index contributed by atoms with van der Waals surface area (Å²) in [5.41, 5.74) is 2.12. The molecular weight excluding hydrogens is 443 g/mol. The molecule has 0 aromatic heterocycles. The molecule has 1 N–H and O–H groups in total. The van der Waals surface area contributed by atoms with Crippen molar-refractivity contribution >= 4 is 22.0 Å². The molecule has 3 aromatic carbocycles. The van der Waals surface area contributed by atoms with Gasteiger partial charge in [-0.05, 0) is 66.9 Å². The molecule has 1 heterocycles. The first-order valence-electron chi connectivity index (χ1n) is 10.6. The Bertz CT molecular complexity index is 1190. The molecule has 1 saturated heterocycles. The number of carbonyl (C=O) groups is 1. The van der Waals surface area contributed by atoms with Gasteiger partial charge < -0.3 is 14.6 Å². The maximum absolute atomic E-state index is 13.5. The van der Waals surface area contributed by atoms with Gasteiger partial charge in [0.2, 0.25) is 5.91 Å². The number of aryl methyl sites for hydroxylation is 1. The Balaban J connectivity index is 1.62. The SMILES string of the molecule is COc1ccc(NC(=O)[C@@H]2C[C@@H](c3ccc(F)cc3)N([S+](=O)([O-])c3ccccc3)C2)c(C)c1. The van der Waals surface area contributed by atoms with Crippen LogP contribution in [0.2, 0.25) is 0 Å². The number of halogens is 1. The van der Waals surface area contributed by atoms with E-state index in [4.69, 9.17) is 4.74 Å². The minimum absolute atomic E-state index is 0.0281. The van der Waals surface area contributed by atoms with Crippen molar-refractivity contribution in [2.24, 2.45) is 5.92 Å². The van der Waals surface area contributed by atoms with Gasteiger partial charge in [-0.2, -0.15) is 0 Å². The minimum atomic E-state index is -3.86. The lowest BCUT2D eigenvalue weighted by molar-refractivity contribution is -0.119. The zero-order chi connectivity index (χ0) is 23.6. The zero-order valence-corrected chi connectivity index (χ0v) is 19.2. The molecule has 6 nitrogen and oxygen atoms in total. The molecule has 1 fully saturated rings. The highest BCUT2D eigenvalue weighted by molar-refractivity contribution is 7.95. The smallest absolute Gasteiger partial charge is 0.229 e. The highest BCUT2D eigenvalue weighted by atomic mass is 32.3. The van der Waals surface area contributed by atoms with Crippen molar-refractivity contribution in [2.45, 2.75) is 24.3 Å². The number of rotatable bonds is 6. The van der Waals surface area contributed by atoms with Gasteiger partial charge in [0.1, 0.15) is 11.6 Å². The first-order valence-corrected chi connectivity index (χ1v) is 12.0. The van der Waals surface area contributed by atoms with Crippen molar-refractivity contribution < 1.29 is 22.7 Å². The third kappa shape index (κ3) is 4.83. The van der Waals surface area contributed by atoms with Crippen LogP contribution in [0.5, 0.6) is 5.75 Å². The second kappa shape index (κ2) is 9.43. The van der Waals surface area contributed by atoms with Crippen molar-refractivity contribution in [3.63, 3.8) is 0 Å². The fourth-order valence-corrected chi connectivity index (χ4v) is 5.81. The number of sulfonamides is 1. The topological polar surface area (TPSA) is 81.7 Å². The van der Waals surface area contributed by atoms with Crippen LogP contribution >= 0.6 is 0 Å². The lowest BCUT2D eigenvalue weighted by atomic mass is 9.99. The summed E-state index contributed by atoms with van der Waals surface area (Å²) in [6.45, 7) is 1.89. The Hall–Kier alpha value is -3.07. The van der Waals surface area contributed by atoms with Crippen LogP contribution in [0.3, 0.4) is 0 Å². The van der Waals surface area contributed by atoms with Gasteiger partial charge in [0.05, 0.1) is 25.6 Å². The van der Waals surface area contributed by atoms with Gasteiger partial charge in [0.25, 0.3) is 0 Å². The number of methoxy groups -OCH3 is 1. The Morgan fingerprint density at radius 1 is 1.12 bits per heavy atom. The van der Waals surface area contributed by atoms with E-state index in [0.717, 1.165) is 5.56 Å². The van der Waals surface area contributed by atoms with E-state index in [1.807, 2.05) is 13.0 Å². The van der Waals surface area contributed by atoms with Gasteiger partial charge in [0.15, 0.2) is 15.3 Å². The quantitative estimate of drug-likeness (QED) is 0.530. The number of nitrogens with zero attached hydrogens (tertiary/aromatic N) is 1. The molecule has 172 valence electrons. The molecule has 0 bridgehead atoms. The van der Waals surface area contributed by atoms with E-state index >= 15 is 0 Å². The maximum Gasteiger partial charge on any atom is 0.229 e. The lowest BCUT2D eigenvalue weighted by Crippen LogP contribution is -2.37. The molecule has 0 radical (unpaired) electrons. The predicted molar refractivity (Wildman–Crippen MR) is 124 cm³/mol. The van der Waals surface area contributed by atoms with Crippen LogP contribution in [0.15, 0.2) is 77.7 Å². The number of carbonyl (C=O) groups excluding carboxylic acids is 1. The fraction of sp³-hybridized carbons (Fsp3) is 0.240. The molecule has 0 saturated carbocycles. The van der Waals surface area contributed by atoms with Crippen molar-refractivity contribution in [3.05, 3.63) is 89.7 Å². The van der Waals surface area contributed by atoms with Crippen molar-refractivity contribution in [2.75, 3.05) is 19.0 Å². The molecule has 1 aliphatic heterocycles. The molecule has 1 unspecified atom stereocenters. The zero-order valence-electron chi connectivity index (χ0n) is 18.4. The Morgan fingerprint density at radius 3 is 2.45 bits per heavy atom. The summed E-state index contributed by atoms with van der Waals surface area (Å²) in [5, 5.41) is 2.92. The molecule has 33 heavy (non-hydrogen) atoms. The van der Waals surface area contributed by atoms with E-state index in [9.17, 15) is 17.9 Å². The molecular formula is C25H25FN2O4S. The first-order chi connectivity index (χ1) is 15.8. The van der Waals surface area contributed by atoms with Crippen LogP contribution in [0.1, 0.15) is 23.6 Å². The number of amides is 1. The molecule has 3 aromatic rings. The van der Waals surface area contributed by atoms with Crippen molar-refractivity contribution in [3.8, 4) is 5.75 Å². The molecule has 0 aliphatic carbocycles. The van der Waals surface area contributed by atoms with Crippen LogP contribution in [-0.4, -0.2) is 28.4 Å². The van der Waals surface area contributed by atoms with E-state index in [1.54, 1.807) is 49.6 Å². The van der Waals surface area contributed by atoms with Crippen LogP contribution < -0.4 is 10.1 Å². The van der Waals surface area contributed by atoms with Crippen LogP contribution in [-0.2, 0) is 19.4 Å². The van der Waals surface area contributed by atoms with E-state index < -0.39 is 28.2 Å². The van der Waals surface area contributed by atoms with E-state index in [-0.39, 0.29) is 17.3 Å². The van der Waals surface area contributed by atoms with Crippen LogP contribution in [0.4, 0.5) is 10.1 Å². The summed E-state index contributed by atoms with van der Waals surface area (Å²) in [6, 6.07) is 18.6. The number of hydrogen-bond donors (Lipinski definition) is 1. The Labute approximate surface area is 193 Å². The number of benzene rings is 3.